The van der Waals surface area contributed by atoms with Gasteiger partial charge >= 0.3 is 0 Å². The van der Waals surface area contributed by atoms with E-state index in [-0.39, 0.29) is 22.5 Å². The first-order chi connectivity index (χ1) is 17.3. The minimum Gasteiger partial charge on any atom is -0.349 e. The van der Waals surface area contributed by atoms with E-state index >= 15 is 0 Å². The first-order valence-corrected chi connectivity index (χ1v) is 12.1. The van der Waals surface area contributed by atoms with Gasteiger partial charge in [-0.1, -0.05) is 36.4 Å². The molecule has 2 fully saturated rings. The summed E-state index contributed by atoms with van der Waals surface area (Å²) in [6.07, 6.45) is -1.02. The molecule has 1 aliphatic carbocycles. The van der Waals surface area contributed by atoms with Crippen LogP contribution in [0.4, 0.5) is 11.4 Å². The van der Waals surface area contributed by atoms with Crippen LogP contribution in [-0.4, -0.2) is 33.9 Å². The second kappa shape index (κ2) is 7.87. The van der Waals surface area contributed by atoms with Crippen molar-refractivity contribution in [3.05, 3.63) is 103 Å². The molecule has 9 nitrogen and oxygen atoms in total. The highest BCUT2D eigenvalue weighted by atomic mass is 127. The summed E-state index contributed by atoms with van der Waals surface area (Å²) in [4.78, 5) is 66.4. The van der Waals surface area contributed by atoms with Crippen LogP contribution >= 0.6 is 22.6 Å². The summed E-state index contributed by atoms with van der Waals surface area (Å²) < 4.78 is 7.16. The number of nitrogens with zero attached hydrogens (tertiary/aromatic N) is 2. The van der Waals surface area contributed by atoms with E-state index in [4.69, 9.17) is 4.74 Å². The average molecular weight is 594 g/mol. The Balaban J connectivity index is 1.51. The van der Waals surface area contributed by atoms with Crippen LogP contribution in [0.25, 0.3) is 0 Å². The number of ether oxygens (including phenoxy) is 1. The molecule has 3 atom stereocenters. The Bertz CT molecular complexity index is 1460. The third-order valence-electron chi connectivity index (χ3n) is 7.04. The van der Waals surface area contributed by atoms with Gasteiger partial charge in [-0.3, -0.25) is 29.3 Å². The number of ketones is 2. The number of imide groups is 1. The number of Topliss-reactive ketones (excluding diaryl/α,β-unsaturated/α-hetero) is 2. The summed E-state index contributed by atoms with van der Waals surface area (Å²) in [6, 6.07) is 18.3. The van der Waals surface area contributed by atoms with Crippen LogP contribution in [0.3, 0.4) is 0 Å². The maximum absolute atomic E-state index is 13.8. The lowest BCUT2D eigenvalue weighted by Gasteiger charge is -2.27. The van der Waals surface area contributed by atoms with Crippen LogP contribution in [0, 0.1) is 25.5 Å². The Morgan fingerprint density at radius 2 is 1.42 bits per heavy atom. The van der Waals surface area contributed by atoms with Crippen molar-refractivity contribution in [3.8, 4) is 0 Å². The van der Waals surface area contributed by atoms with Gasteiger partial charge in [0.05, 0.1) is 28.6 Å². The van der Waals surface area contributed by atoms with E-state index in [1.807, 2.05) is 12.1 Å². The molecule has 0 saturated carbocycles. The fraction of sp³-hybridized carbons (Fsp3) is 0.154. The van der Waals surface area contributed by atoms with Crippen LogP contribution in [0.15, 0.2) is 72.8 Å². The molecule has 0 bridgehead atoms. The molecule has 0 aromatic heterocycles. The summed E-state index contributed by atoms with van der Waals surface area (Å²) >= 11 is 2.13. The average Bonchev–Trinajstić information content (AvgIpc) is 3.44. The summed E-state index contributed by atoms with van der Waals surface area (Å²) in [5, 5.41) is 11.1. The quantitative estimate of drug-likeness (QED) is 0.148. The standard InChI is InChI=1S/C26H15IN2O7/c27-14-7-5-13(6-8-14)21-19-20(26(36-21)22(30)17-3-1-2-4-18(17)23(26)31)25(33)28(24(19)32)15-9-11-16(12-10-15)29(34)35/h1-12,19-21H/t19-,20-,21-/m1/s1. The molecular weight excluding hydrogens is 579 g/mol. The van der Waals surface area contributed by atoms with Gasteiger partial charge in [-0.2, -0.15) is 0 Å². The number of benzene rings is 3. The molecular formula is C26H15IN2O7. The summed E-state index contributed by atoms with van der Waals surface area (Å²) in [6.45, 7) is 0. The molecule has 3 aromatic carbocycles. The first-order valence-electron chi connectivity index (χ1n) is 11.0. The minimum absolute atomic E-state index is 0.122. The van der Waals surface area contributed by atoms with Gasteiger partial charge in [0.25, 0.3) is 5.69 Å². The van der Waals surface area contributed by atoms with Gasteiger partial charge in [0.1, 0.15) is 0 Å². The normalized spacial score (nSPS) is 23.9. The third kappa shape index (κ3) is 2.91. The Kier molecular flexibility index (Phi) is 4.96. The predicted octanol–water partition coefficient (Wildman–Crippen LogP) is 3.89. The van der Waals surface area contributed by atoms with Crippen molar-refractivity contribution in [2.75, 3.05) is 4.90 Å². The number of rotatable bonds is 3. The Morgan fingerprint density at radius 3 is 1.97 bits per heavy atom. The number of hydrogen-bond donors (Lipinski definition) is 0. The number of amides is 2. The fourth-order valence-corrected chi connectivity index (χ4v) is 5.81. The summed E-state index contributed by atoms with van der Waals surface area (Å²) in [7, 11) is 0. The molecule has 6 rings (SSSR count). The summed E-state index contributed by atoms with van der Waals surface area (Å²) in [5.74, 6) is -5.17. The first kappa shape index (κ1) is 22.7. The van der Waals surface area contributed by atoms with Gasteiger partial charge in [0.2, 0.25) is 29.0 Å². The van der Waals surface area contributed by atoms with Gasteiger partial charge < -0.3 is 4.74 Å². The number of nitro groups is 1. The van der Waals surface area contributed by atoms with Crippen LogP contribution in [0.5, 0.6) is 0 Å². The van der Waals surface area contributed by atoms with E-state index in [9.17, 15) is 29.3 Å². The molecule has 2 aliphatic heterocycles. The molecule has 2 amide bonds. The number of non-ortho nitro benzene ring substituents is 1. The van der Waals surface area contributed by atoms with Crippen molar-refractivity contribution in [2.45, 2.75) is 11.7 Å². The Labute approximate surface area is 217 Å². The zero-order valence-corrected chi connectivity index (χ0v) is 20.4. The SMILES string of the molecule is O=C1[C@H]2[C@@H](c3ccc(I)cc3)OC3(C(=O)c4ccccc4C3=O)[C@H]2C(=O)N1c1ccc([N+](=O)[O-])cc1. The zero-order chi connectivity index (χ0) is 25.4. The zero-order valence-electron chi connectivity index (χ0n) is 18.3. The van der Waals surface area contributed by atoms with Crippen LogP contribution in [-0.2, 0) is 14.3 Å². The number of fused-ring (bicyclic) bond motifs is 3. The maximum Gasteiger partial charge on any atom is 0.269 e. The van der Waals surface area contributed by atoms with Crippen molar-refractivity contribution >= 4 is 57.3 Å². The highest BCUT2D eigenvalue weighted by Crippen LogP contribution is 2.57. The lowest BCUT2D eigenvalue weighted by atomic mass is 9.77. The molecule has 0 radical (unpaired) electrons. The van der Waals surface area contributed by atoms with Crippen molar-refractivity contribution in [1.82, 2.24) is 0 Å². The monoisotopic (exact) mass is 594 g/mol. The molecule has 3 aromatic rings. The molecule has 3 aliphatic rings. The lowest BCUT2D eigenvalue weighted by Crippen LogP contribution is -2.51. The number of hydrogen-bond acceptors (Lipinski definition) is 7. The highest BCUT2D eigenvalue weighted by Gasteiger charge is 2.74. The van der Waals surface area contributed by atoms with E-state index in [0.717, 1.165) is 8.47 Å². The number of anilines is 1. The topological polar surface area (TPSA) is 124 Å². The van der Waals surface area contributed by atoms with Crippen LogP contribution < -0.4 is 4.90 Å². The summed E-state index contributed by atoms with van der Waals surface area (Å²) in [5.41, 5.74) is -1.38. The number of halogens is 1. The molecule has 2 heterocycles. The van der Waals surface area contributed by atoms with E-state index in [1.54, 1.807) is 24.3 Å². The lowest BCUT2D eigenvalue weighted by molar-refractivity contribution is -0.384. The molecule has 1 spiro atoms. The smallest absolute Gasteiger partial charge is 0.269 e. The van der Waals surface area contributed by atoms with Gasteiger partial charge in [-0.15, -0.1) is 0 Å². The fourth-order valence-electron chi connectivity index (χ4n) is 5.45. The van der Waals surface area contributed by atoms with Crippen LogP contribution in [0.1, 0.15) is 32.4 Å². The predicted molar refractivity (Wildman–Crippen MR) is 133 cm³/mol. The molecule has 2 saturated heterocycles. The Morgan fingerprint density at radius 1 is 0.833 bits per heavy atom. The van der Waals surface area contributed by atoms with Crippen molar-refractivity contribution in [2.24, 2.45) is 11.8 Å². The second-order valence-corrected chi connectivity index (χ2v) is 10.1. The van der Waals surface area contributed by atoms with E-state index in [1.165, 1.54) is 36.4 Å². The molecule has 0 unspecified atom stereocenters. The number of carbonyl (C=O) groups is 4. The number of carbonyl (C=O) groups excluding carboxylic acids is 4. The maximum atomic E-state index is 13.8. The van der Waals surface area contributed by atoms with Crippen molar-refractivity contribution in [1.29, 1.82) is 0 Å². The van der Waals surface area contributed by atoms with E-state index in [0.29, 0.717) is 5.56 Å². The van der Waals surface area contributed by atoms with E-state index in [2.05, 4.69) is 22.6 Å². The van der Waals surface area contributed by atoms with Crippen molar-refractivity contribution in [3.63, 3.8) is 0 Å². The number of nitro benzene ring substituents is 1. The second-order valence-electron chi connectivity index (χ2n) is 8.82. The minimum atomic E-state index is -2.16. The third-order valence-corrected chi connectivity index (χ3v) is 7.76. The van der Waals surface area contributed by atoms with Gasteiger partial charge in [0.15, 0.2) is 0 Å². The molecule has 0 N–H and O–H groups in total. The van der Waals surface area contributed by atoms with Gasteiger partial charge in [0, 0.05) is 26.8 Å². The van der Waals surface area contributed by atoms with Gasteiger partial charge in [-0.25, -0.2) is 4.90 Å². The van der Waals surface area contributed by atoms with Crippen molar-refractivity contribution < 1.29 is 28.8 Å². The largest absolute Gasteiger partial charge is 0.349 e. The highest BCUT2D eigenvalue weighted by molar-refractivity contribution is 14.1. The van der Waals surface area contributed by atoms with E-state index < -0.39 is 51.8 Å². The molecule has 36 heavy (non-hydrogen) atoms. The molecule has 10 heteroatoms. The molecule has 178 valence electrons. The van der Waals surface area contributed by atoms with Gasteiger partial charge in [-0.05, 0) is 52.4 Å². The van der Waals surface area contributed by atoms with Crippen LogP contribution in [0.2, 0.25) is 0 Å². The Hall–Kier alpha value is -3.77.